The Labute approximate surface area is 117 Å². The molecule has 0 saturated carbocycles. The quantitative estimate of drug-likeness (QED) is 0.795. The van der Waals surface area contributed by atoms with Gasteiger partial charge in [-0.05, 0) is 42.3 Å². The summed E-state index contributed by atoms with van der Waals surface area (Å²) >= 11 is 0. The van der Waals surface area contributed by atoms with E-state index in [1.807, 2.05) is 18.2 Å². The van der Waals surface area contributed by atoms with Gasteiger partial charge in [0.15, 0.2) is 0 Å². The molecule has 1 N–H and O–H groups in total. The molecular formula is C16H16N2O2. The molecule has 4 heteroatoms. The first kappa shape index (κ1) is 13.9. The summed E-state index contributed by atoms with van der Waals surface area (Å²) in [6, 6.07) is 14.3. The van der Waals surface area contributed by atoms with Crippen molar-refractivity contribution < 1.29 is 9.90 Å². The van der Waals surface area contributed by atoms with Crippen LogP contribution in [0.15, 0.2) is 58.8 Å². The number of benzene rings is 2. The lowest BCUT2D eigenvalue weighted by molar-refractivity contribution is 0.0697. The Morgan fingerprint density at radius 2 is 1.70 bits per heavy atom. The van der Waals surface area contributed by atoms with E-state index in [9.17, 15) is 4.79 Å². The second-order valence-electron chi connectivity index (χ2n) is 4.48. The molecule has 0 atom stereocenters. The van der Waals surface area contributed by atoms with Gasteiger partial charge in [0.2, 0.25) is 0 Å². The van der Waals surface area contributed by atoms with Crippen molar-refractivity contribution in [3.63, 3.8) is 0 Å². The van der Waals surface area contributed by atoms with Crippen molar-refractivity contribution >= 4 is 17.3 Å². The summed E-state index contributed by atoms with van der Waals surface area (Å²) in [6.07, 6.45) is 2.10. The number of hydrogen-bond donors (Lipinski definition) is 1. The lowest BCUT2D eigenvalue weighted by Crippen LogP contribution is -1.94. The average molecular weight is 268 g/mol. The van der Waals surface area contributed by atoms with E-state index >= 15 is 0 Å². The van der Waals surface area contributed by atoms with E-state index in [0.29, 0.717) is 5.69 Å². The molecule has 0 spiro atoms. The number of carboxylic acids is 1. The van der Waals surface area contributed by atoms with Gasteiger partial charge < -0.3 is 5.11 Å². The van der Waals surface area contributed by atoms with Gasteiger partial charge >= 0.3 is 5.97 Å². The first-order chi connectivity index (χ1) is 9.69. The van der Waals surface area contributed by atoms with E-state index < -0.39 is 5.97 Å². The molecule has 2 aromatic rings. The zero-order valence-corrected chi connectivity index (χ0v) is 11.3. The Bertz CT molecular complexity index is 636. The maximum absolute atomic E-state index is 10.9. The highest BCUT2D eigenvalue weighted by Crippen LogP contribution is 2.20. The molecule has 20 heavy (non-hydrogen) atoms. The largest absolute Gasteiger partial charge is 0.478 e. The second-order valence-corrected chi connectivity index (χ2v) is 4.48. The van der Waals surface area contributed by atoms with Crippen LogP contribution in [0.1, 0.15) is 29.3 Å². The fourth-order valence-electron chi connectivity index (χ4n) is 1.88. The molecule has 0 heterocycles. The number of carbonyl (C=O) groups is 1. The summed E-state index contributed by atoms with van der Waals surface area (Å²) in [7, 11) is 0. The Kier molecular flexibility index (Phi) is 4.60. The van der Waals surface area contributed by atoms with Crippen LogP contribution in [-0.2, 0) is 6.42 Å². The van der Waals surface area contributed by atoms with E-state index in [1.165, 1.54) is 17.7 Å². The fraction of sp³-hybridized carbons (Fsp3) is 0.188. The number of azo groups is 1. The topological polar surface area (TPSA) is 62.0 Å². The third-order valence-corrected chi connectivity index (χ3v) is 2.82. The second kappa shape index (κ2) is 6.61. The van der Waals surface area contributed by atoms with Crippen molar-refractivity contribution in [2.24, 2.45) is 10.2 Å². The van der Waals surface area contributed by atoms with E-state index in [0.717, 1.165) is 18.5 Å². The summed E-state index contributed by atoms with van der Waals surface area (Å²) in [5, 5.41) is 17.2. The van der Waals surface area contributed by atoms with Crippen LogP contribution >= 0.6 is 0 Å². The molecule has 0 unspecified atom stereocenters. The average Bonchev–Trinajstić information content (AvgIpc) is 2.46. The minimum Gasteiger partial charge on any atom is -0.478 e. The van der Waals surface area contributed by atoms with E-state index in [4.69, 9.17) is 5.11 Å². The smallest absolute Gasteiger partial charge is 0.335 e. The van der Waals surface area contributed by atoms with Crippen LogP contribution in [-0.4, -0.2) is 11.1 Å². The molecule has 0 aliphatic heterocycles. The maximum Gasteiger partial charge on any atom is 0.335 e. The van der Waals surface area contributed by atoms with Crippen molar-refractivity contribution in [2.45, 2.75) is 19.8 Å². The third-order valence-electron chi connectivity index (χ3n) is 2.82. The molecule has 0 fully saturated rings. The fourth-order valence-corrected chi connectivity index (χ4v) is 1.88. The molecule has 0 aliphatic carbocycles. The van der Waals surface area contributed by atoms with Crippen LogP contribution in [0.2, 0.25) is 0 Å². The Hall–Kier alpha value is -2.49. The minimum absolute atomic E-state index is 0.209. The number of aromatic carboxylic acids is 1. The lowest BCUT2D eigenvalue weighted by atomic mass is 10.1. The van der Waals surface area contributed by atoms with Crippen molar-refractivity contribution in [1.29, 1.82) is 0 Å². The molecule has 2 rings (SSSR count). The summed E-state index contributed by atoms with van der Waals surface area (Å²) in [6.45, 7) is 2.13. The highest BCUT2D eigenvalue weighted by atomic mass is 16.4. The third kappa shape index (κ3) is 3.75. The number of carboxylic acid groups (broad SMARTS) is 1. The van der Waals surface area contributed by atoms with Gasteiger partial charge in [0.25, 0.3) is 0 Å². The van der Waals surface area contributed by atoms with Gasteiger partial charge in [-0.3, -0.25) is 0 Å². The van der Waals surface area contributed by atoms with Gasteiger partial charge in [0, 0.05) is 0 Å². The Morgan fingerprint density at radius 3 is 2.35 bits per heavy atom. The SMILES string of the molecule is CCCc1cccc(N=Nc2cccc(C(=O)O)c2)c1. The Morgan fingerprint density at radius 1 is 1.05 bits per heavy atom. The molecule has 4 nitrogen and oxygen atoms in total. The van der Waals surface area contributed by atoms with Crippen molar-refractivity contribution in [3.05, 3.63) is 59.7 Å². The molecular weight excluding hydrogens is 252 g/mol. The zero-order chi connectivity index (χ0) is 14.4. The normalized spacial score (nSPS) is 10.8. The highest BCUT2D eigenvalue weighted by Gasteiger charge is 2.02. The van der Waals surface area contributed by atoms with Gasteiger partial charge in [-0.2, -0.15) is 10.2 Å². The van der Waals surface area contributed by atoms with Gasteiger partial charge in [-0.1, -0.05) is 31.5 Å². The minimum atomic E-state index is -0.966. The van der Waals surface area contributed by atoms with Crippen LogP contribution < -0.4 is 0 Å². The van der Waals surface area contributed by atoms with Crippen LogP contribution in [0.25, 0.3) is 0 Å². The highest BCUT2D eigenvalue weighted by molar-refractivity contribution is 5.88. The first-order valence-electron chi connectivity index (χ1n) is 6.53. The summed E-state index contributed by atoms with van der Waals surface area (Å²) in [4.78, 5) is 10.9. The number of nitrogens with zero attached hydrogens (tertiary/aromatic N) is 2. The van der Waals surface area contributed by atoms with Crippen molar-refractivity contribution in [1.82, 2.24) is 0 Å². The van der Waals surface area contributed by atoms with Gasteiger partial charge in [-0.15, -0.1) is 0 Å². The lowest BCUT2D eigenvalue weighted by Gasteiger charge is -1.99. The molecule has 0 aliphatic rings. The first-order valence-corrected chi connectivity index (χ1v) is 6.53. The van der Waals surface area contributed by atoms with Crippen molar-refractivity contribution in [2.75, 3.05) is 0 Å². The van der Waals surface area contributed by atoms with Crippen LogP contribution in [0, 0.1) is 0 Å². The Balaban J connectivity index is 2.18. The standard InChI is InChI=1S/C16H16N2O2/c1-2-5-12-6-3-8-14(10-12)17-18-15-9-4-7-13(11-15)16(19)20/h3-4,6-11H,2,5H2,1H3,(H,19,20). The van der Waals surface area contributed by atoms with Gasteiger partial charge in [0.05, 0.1) is 16.9 Å². The predicted molar refractivity (Wildman–Crippen MR) is 78.0 cm³/mol. The van der Waals surface area contributed by atoms with Crippen molar-refractivity contribution in [3.8, 4) is 0 Å². The monoisotopic (exact) mass is 268 g/mol. The van der Waals surface area contributed by atoms with E-state index in [1.54, 1.807) is 12.1 Å². The molecule has 0 amide bonds. The molecule has 102 valence electrons. The zero-order valence-electron chi connectivity index (χ0n) is 11.3. The number of rotatable bonds is 5. The number of hydrogen-bond acceptors (Lipinski definition) is 3. The van der Waals surface area contributed by atoms with Crippen LogP contribution in [0.3, 0.4) is 0 Å². The number of aryl methyl sites for hydroxylation is 1. The predicted octanol–water partition coefficient (Wildman–Crippen LogP) is 4.75. The molecule has 0 aromatic heterocycles. The molecule has 0 bridgehead atoms. The van der Waals surface area contributed by atoms with Crippen LogP contribution in [0.4, 0.5) is 11.4 Å². The van der Waals surface area contributed by atoms with E-state index in [-0.39, 0.29) is 5.56 Å². The molecule has 0 radical (unpaired) electrons. The van der Waals surface area contributed by atoms with Gasteiger partial charge in [0.1, 0.15) is 0 Å². The van der Waals surface area contributed by atoms with E-state index in [2.05, 4.69) is 23.2 Å². The van der Waals surface area contributed by atoms with Gasteiger partial charge in [-0.25, -0.2) is 4.79 Å². The summed E-state index contributed by atoms with van der Waals surface area (Å²) in [5.74, 6) is -0.966. The van der Waals surface area contributed by atoms with Crippen LogP contribution in [0.5, 0.6) is 0 Å². The summed E-state index contributed by atoms with van der Waals surface area (Å²) in [5.41, 5.74) is 2.74. The molecule has 2 aromatic carbocycles. The maximum atomic E-state index is 10.9. The molecule has 0 saturated heterocycles. The summed E-state index contributed by atoms with van der Waals surface area (Å²) < 4.78 is 0.